The van der Waals surface area contributed by atoms with Crippen molar-refractivity contribution in [3.8, 4) is 0 Å². The summed E-state index contributed by atoms with van der Waals surface area (Å²) in [5, 5.41) is 0. The summed E-state index contributed by atoms with van der Waals surface area (Å²) < 4.78 is 9.77. The molecule has 1 aromatic heterocycles. The Morgan fingerprint density at radius 2 is 1.70 bits per heavy atom. The Labute approximate surface area is 177 Å². The number of morpholine rings is 1. The van der Waals surface area contributed by atoms with E-state index in [0.717, 1.165) is 30.4 Å². The topological polar surface area (TPSA) is 56.5 Å². The summed E-state index contributed by atoms with van der Waals surface area (Å²) in [4.78, 5) is 28.6. The third-order valence-electron chi connectivity index (χ3n) is 6.99. The Hall–Kier alpha value is -2.08. The zero-order valence-electron chi connectivity index (χ0n) is 18.2. The van der Waals surface area contributed by atoms with Crippen molar-refractivity contribution in [1.29, 1.82) is 0 Å². The number of carbonyl (C=O) groups is 1. The highest BCUT2D eigenvalue weighted by Crippen LogP contribution is 2.34. The van der Waals surface area contributed by atoms with E-state index in [-0.39, 0.29) is 29.8 Å². The molecule has 1 aromatic carbocycles. The molecule has 2 aliphatic carbocycles. The first-order valence-electron chi connectivity index (χ1n) is 11.7. The van der Waals surface area contributed by atoms with Gasteiger partial charge in [-0.2, -0.15) is 0 Å². The zero-order valence-corrected chi connectivity index (χ0v) is 18.2. The number of imidazole rings is 1. The van der Waals surface area contributed by atoms with Gasteiger partial charge < -0.3 is 9.64 Å². The van der Waals surface area contributed by atoms with E-state index < -0.39 is 0 Å². The molecule has 30 heavy (non-hydrogen) atoms. The number of benzene rings is 1. The second kappa shape index (κ2) is 7.88. The van der Waals surface area contributed by atoms with Crippen molar-refractivity contribution in [1.82, 2.24) is 14.0 Å². The Morgan fingerprint density at radius 3 is 2.37 bits per heavy atom. The van der Waals surface area contributed by atoms with E-state index in [4.69, 9.17) is 4.74 Å². The lowest BCUT2D eigenvalue weighted by molar-refractivity contribution is -0.0586. The van der Waals surface area contributed by atoms with E-state index >= 15 is 0 Å². The molecule has 2 aromatic rings. The van der Waals surface area contributed by atoms with Gasteiger partial charge in [0, 0.05) is 31.2 Å². The third-order valence-corrected chi connectivity index (χ3v) is 6.99. The van der Waals surface area contributed by atoms with E-state index in [0.29, 0.717) is 24.6 Å². The van der Waals surface area contributed by atoms with Crippen LogP contribution < -0.4 is 5.69 Å². The van der Waals surface area contributed by atoms with Crippen molar-refractivity contribution in [3.63, 3.8) is 0 Å². The largest absolute Gasteiger partial charge is 0.372 e. The fourth-order valence-electron chi connectivity index (χ4n) is 5.37. The van der Waals surface area contributed by atoms with Gasteiger partial charge in [0.25, 0.3) is 5.91 Å². The second-order valence-corrected chi connectivity index (χ2v) is 9.67. The minimum atomic E-state index is 0.0368. The van der Waals surface area contributed by atoms with Gasteiger partial charge >= 0.3 is 5.69 Å². The maximum atomic E-state index is 13.4. The van der Waals surface area contributed by atoms with Crippen LogP contribution in [0.2, 0.25) is 0 Å². The summed E-state index contributed by atoms with van der Waals surface area (Å²) in [6.07, 6.45) is 8.28. The summed E-state index contributed by atoms with van der Waals surface area (Å²) in [5.74, 6) is 0.642. The molecule has 0 N–H and O–H groups in total. The van der Waals surface area contributed by atoms with E-state index in [1.54, 1.807) is 0 Å². The number of carbonyl (C=O) groups excluding carboxylic acids is 1. The van der Waals surface area contributed by atoms with Crippen LogP contribution in [0.15, 0.2) is 23.0 Å². The van der Waals surface area contributed by atoms with Gasteiger partial charge in [0.15, 0.2) is 0 Å². The van der Waals surface area contributed by atoms with Gasteiger partial charge in [0.05, 0.1) is 23.2 Å². The highest BCUT2D eigenvalue weighted by Gasteiger charge is 2.30. The third kappa shape index (κ3) is 3.70. The fraction of sp³-hybridized carbons (Fsp3) is 0.667. The first-order chi connectivity index (χ1) is 14.5. The minimum Gasteiger partial charge on any atom is -0.372 e. The highest BCUT2D eigenvalue weighted by molar-refractivity contribution is 5.97. The average Bonchev–Trinajstić information content (AvgIpc) is 3.51. The first kappa shape index (κ1) is 19.9. The van der Waals surface area contributed by atoms with Crippen molar-refractivity contribution >= 4 is 16.9 Å². The SMILES string of the molecule is CC1CN(C(=O)c2ccc3c(c2)n(CC2CC2)c(=O)n3C2CCCCC2)CC(C)O1. The van der Waals surface area contributed by atoms with E-state index in [1.807, 2.05) is 46.1 Å². The monoisotopic (exact) mass is 411 g/mol. The maximum Gasteiger partial charge on any atom is 0.329 e. The molecule has 2 saturated carbocycles. The molecular formula is C24H33N3O3. The number of hydrogen-bond acceptors (Lipinski definition) is 3. The van der Waals surface area contributed by atoms with Crippen molar-refractivity contribution in [2.75, 3.05) is 13.1 Å². The molecule has 162 valence electrons. The number of aromatic nitrogens is 2. The van der Waals surface area contributed by atoms with Crippen LogP contribution in [0.5, 0.6) is 0 Å². The Kier molecular flexibility index (Phi) is 5.21. The lowest BCUT2D eigenvalue weighted by atomic mass is 9.95. The molecule has 2 atom stereocenters. The molecule has 2 unspecified atom stereocenters. The van der Waals surface area contributed by atoms with E-state index in [2.05, 4.69) is 0 Å². The first-order valence-corrected chi connectivity index (χ1v) is 11.7. The van der Waals surface area contributed by atoms with Crippen molar-refractivity contribution in [2.45, 2.75) is 83.6 Å². The van der Waals surface area contributed by atoms with Crippen LogP contribution in [0.1, 0.15) is 75.2 Å². The molecule has 0 spiro atoms. The predicted molar refractivity (Wildman–Crippen MR) is 117 cm³/mol. The summed E-state index contributed by atoms with van der Waals surface area (Å²) in [6, 6.07) is 6.17. The van der Waals surface area contributed by atoms with Gasteiger partial charge in [-0.1, -0.05) is 19.3 Å². The van der Waals surface area contributed by atoms with E-state index in [9.17, 15) is 9.59 Å². The molecule has 1 aliphatic heterocycles. The molecular weight excluding hydrogens is 378 g/mol. The number of ether oxygens (including phenoxy) is 1. The van der Waals surface area contributed by atoms with Crippen LogP contribution >= 0.6 is 0 Å². The second-order valence-electron chi connectivity index (χ2n) is 9.67. The molecule has 5 rings (SSSR count). The zero-order chi connectivity index (χ0) is 20.8. The number of fused-ring (bicyclic) bond motifs is 1. The van der Waals surface area contributed by atoms with Crippen LogP contribution in [-0.4, -0.2) is 45.2 Å². The van der Waals surface area contributed by atoms with Gasteiger partial charge in [0.2, 0.25) is 0 Å². The maximum absolute atomic E-state index is 13.4. The number of amides is 1. The molecule has 3 aliphatic rings. The number of hydrogen-bond donors (Lipinski definition) is 0. The summed E-state index contributed by atoms with van der Waals surface area (Å²) in [6.45, 7) is 6.02. The fourth-order valence-corrected chi connectivity index (χ4v) is 5.37. The molecule has 0 radical (unpaired) electrons. The molecule has 6 heteroatoms. The normalized spacial score (nSPS) is 25.7. The van der Waals surface area contributed by atoms with Crippen LogP contribution in [0, 0.1) is 5.92 Å². The standard InChI is InChI=1S/C24H33N3O3/c1-16-13-25(14-17(2)30-16)23(28)19-10-11-21-22(12-19)26(15-18-8-9-18)24(29)27(21)20-6-4-3-5-7-20/h10-12,16-18,20H,3-9,13-15H2,1-2H3. The highest BCUT2D eigenvalue weighted by atomic mass is 16.5. The average molecular weight is 412 g/mol. The van der Waals surface area contributed by atoms with E-state index in [1.165, 1.54) is 32.1 Å². The molecule has 6 nitrogen and oxygen atoms in total. The summed E-state index contributed by atoms with van der Waals surface area (Å²) in [7, 11) is 0. The van der Waals surface area contributed by atoms with Gasteiger partial charge in [-0.05, 0) is 63.6 Å². The molecule has 1 amide bonds. The molecule has 3 fully saturated rings. The van der Waals surface area contributed by atoms with Crippen molar-refractivity contribution in [3.05, 3.63) is 34.2 Å². The van der Waals surface area contributed by atoms with Crippen LogP contribution in [0.4, 0.5) is 0 Å². The van der Waals surface area contributed by atoms with Crippen LogP contribution in [0.25, 0.3) is 11.0 Å². The summed E-state index contributed by atoms with van der Waals surface area (Å²) in [5.41, 5.74) is 2.71. The van der Waals surface area contributed by atoms with Gasteiger partial charge in [-0.15, -0.1) is 0 Å². The number of rotatable bonds is 4. The van der Waals surface area contributed by atoms with Crippen LogP contribution in [-0.2, 0) is 11.3 Å². The van der Waals surface area contributed by atoms with Crippen LogP contribution in [0.3, 0.4) is 0 Å². The van der Waals surface area contributed by atoms with Gasteiger partial charge in [-0.25, -0.2) is 4.79 Å². The predicted octanol–water partition coefficient (Wildman–Crippen LogP) is 3.97. The van der Waals surface area contributed by atoms with Gasteiger partial charge in [-0.3, -0.25) is 13.9 Å². The Bertz CT molecular complexity index is 987. The lowest BCUT2D eigenvalue weighted by Gasteiger charge is -2.35. The molecule has 1 saturated heterocycles. The molecule has 0 bridgehead atoms. The summed E-state index contributed by atoms with van der Waals surface area (Å²) >= 11 is 0. The Balaban J connectivity index is 1.54. The quantitative estimate of drug-likeness (QED) is 0.765. The smallest absolute Gasteiger partial charge is 0.329 e. The van der Waals surface area contributed by atoms with Crippen molar-refractivity contribution in [2.24, 2.45) is 5.92 Å². The van der Waals surface area contributed by atoms with Crippen molar-refractivity contribution < 1.29 is 9.53 Å². The minimum absolute atomic E-state index is 0.0368. The van der Waals surface area contributed by atoms with Gasteiger partial charge in [0.1, 0.15) is 0 Å². The lowest BCUT2D eigenvalue weighted by Crippen LogP contribution is -2.48. The molecule has 2 heterocycles. The Morgan fingerprint density at radius 1 is 1.00 bits per heavy atom. The number of nitrogens with zero attached hydrogens (tertiary/aromatic N) is 3.